The van der Waals surface area contributed by atoms with Crippen molar-refractivity contribution in [3.8, 4) is 0 Å². The Kier molecular flexibility index (Phi) is 3.31. The first-order valence-corrected chi connectivity index (χ1v) is 6.08. The lowest BCUT2D eigenvalue weighted by atomic mass is 10.3. The zero-order valence-corrected chi connectivity index (χ0v) is 10.6. The molecule has 1 amide bonds. The van der Waals surface area contributed by atoms with E-state index in [1.54, 1.807) is 11.0 Å². The van der Waals surface area contributed by atoms with Gasteiger partial charge in [-0.05, 0) is 38.8 Å². The zero-order valence-electron chi connectivity index (χ0n) is 10.6. The van der Waals surface area contributed by atoms with E-state index in [1.165, 1.54) is 0 Å². The van der Waals surface area contributed by atoms with Crippen molar-refractivity contribution in [2.45, 2.75) is 38.8 Å². The molecule has 0 atom stereocenters. The Balaban J connectivity index is 2.11. The molecule has 0 aliphatic heterocycles. The van der Waals surface area contributed by atoms with Crippen LogP contribution < -0.4 is 5.32 Å². The van der Waals surface area contributed by atoms with E-state index in [0.717, 1.165) is 18.7 Å². The predicted molar refractivity (Wildman–Crippen MR) is 68.1 cm³/mol. The van der Waals surface area contributed by atoms with Crippen LogP contribution >= 0.6 is 0 Å². The number of amides is 1. The van der Waals surface area contributed by atoms with Crippen LogP contribution in [0.5, 0.6) is 0 Å². The van der Waals surface area contributed by atoms with Gasteiger partial charge in [-0.2, -0.15) is 0 Å². The summed E-state index contributed by atoms with van der Waals surface area (Å²) in [4.78, 5) is 18.2. The third kappa shape index (κ3) is 2.96. The second-order valence-electron chi connectivity index (χ2n) is 4.85. The molecule has 4 nitrogen and oxygen atoms in total. The Hall–Kier alpha value is -1.58. The molecule has 1 aliphatic rings. The van der Waals surface area contributed by atoms with Crippen molar-refractivity contribution in [2.24, 2.45) is 0 Å². The molecule has 1 aromatic heterocycles. The molecular formula is C13H19N3O. The molecule has 1 heterocycles. The number of nitrogens with one attached hydrogen (secondary N) is 1. The van der Waals surface area contributed by atoms with Crippen LogP contribution in [-0.4, -0.2) is 34.9 Å². The van der Waals surface area contributed by atoms with Crippen molar-refractivity contribution in [1.29, 1.82) is 0 Å². The summed E-state index contributed by atoms with van der Waals surface area (Å²) in [5.41, 5.74) is 0.519. The fourth-order valence-electron chi connectivity index (χ4n) is 1.74. The molecule has 1 fully saturated rings. The van der Waals surface area contributed by atoms with E-state index in [1.807, 2.05) is 33.0 Å². The Morgan fingerprint density at radius 2 is 2.18 bits per heavy atom. The number of rotatable bonds is 4. The first kappa shape index (κ1) is 11.9. The molecule has 1 aliphatic carbocycles. The molecule has 0 spiro atoms. The zero-order chi connectivity index (χ0) is 12.4. The van der Waals surface area contributed by atoms with Gasteiger partial charge < -0.3 is 10.2 Å². The van der Waals surface area contributed by atoms with E-state index in [2.05, 4.69) is 10.3 Å². The minimum absolute atomic E-state index is 0.0138. The van der Waals surface area contributed by atoms with Gasteiger partial charge in [0.05, 0.1) is 0 Å². The summed E-state index contributed by atoms with van der Waals surface area (Å²) >= 11 is 0. The first-order chi connectivity index (χ1) is 8.08. The van der Waals surface area contributed by atoms with Gasteiger partial charge in [0.25, 0.3) is 5.91 Å². The van der Waals surface area contributed by atoms with Gasteiger partial charge >= 0.3 is 0 Å². The molecule has 1 saturated carbocycles. The van der Waals surface area contributed by atoms with Gasteiger partial charge in [-0.3, -0.25) is 4.79 Å². The van der Waals surface area contributed by atoms with Crippen LogP contribution in [0.15, 0.2) is 18.2 Å². The van der Waals surface area contributed by atoms with Crippen LogP contribution in [0.25, 0.3) is 0 Å². The number of nitrogens with zero attached hydrogens (tertiary/aromatic N) is 2. The smallest absolute Gasteiger partial charge is 0.272 e. The average Bonchev–Trinajstić information content (AvgIpc) is 3.10. The molecule has 2 rings (SSSR count). The second kappa shape index (κ2) is 4.73. The summed E-state index contributed by atoms with van der Waals surface area (Å²) in [6.45, 7) is 4.10. The molecule has 4 heteroatoms. The largest absolute Gasteiger partial charge is 0.368 e. The monoisotopic (exact) mass is 233 g/mol. The Morgan fingerprint density at radius 3 is 2.76 bits per heavy atom. The lowest BCUT2D eigenvalue weighted by molar-refractivity contribution is 0.0779. The van der Waals surface area contributed by atoms with Crippen molar-refractivity contribution in [3.63, 3.8) is 0 Å². The minimum Gasteiger partial charge on any atom is -0.368 e. The Labute approximate surface area is 102 Å². The summed E-state index contributed by atoms with van der Waals surface area (Å²) in [6, 6.07) is 6.26. The molecule has 0 aromatic carbocycles. The number of anilines is 1. The molecular weight excluding hydrogens is 214 g/mol. The first-order valence-electron chi connectivity index (χ1n) is 6.08. The van der Waals surface area contributed by atoms with Crippen LogP contribution in [-0.2, 0) is 0 Å². The quantitative estimate of drug-likeness (QED) is 0.866. The molecule has 1 aromatic rings. The third-order valence-corrected chi connectivity index (χ3v) is 2.82. The molecule has 1 N–H and O–H groups in total. The number of hydrogen-bond donors (Lipinski definition) is 1. The van der Waals surface area contributed by atoms with E-state index in [-0.39, 0.29) is 5.91 Å². The number of aromatic nitrogens is 1. The van der Waals surface area contributed by atoms with E-state index in [9.17, 15) is 4.79 Å². The van der Waals surface area contributed by atoms with Crippen LogP contribution in [0.3, 0.4) is 0 Å². The van der Waals surface area contributed by atoms with Crippen molar-refractivity contribution in [3.05, 3.63) is 23.9 Å². The highest BCUT2D eigenvalue weighted by molar-refractivity contribution is 5.92. The fraction of sp³-hybridized carbons (Fsp3) is 0.538. The second-order valence-corrected chi connectivity index (χ2v) is 4.85. The molecule has 0 saturated heterocycles. The highest BCUT2D eigenvalue weighted by Crippen LogP contribution is 2.26. The van der Waals surface area contributed by atoms with Crippen LogP contribution in [0.1, 0.15) is 37.2 Å². The lowest BCUT2D eigenvalue weighted by Crippen LogP contribution is -2.29. The predicted octanol–water partition coefficient (Wildman–Crippen LogP) is 2.14. The van der Waals surface area contributed by atoms with E-state index in [4.69, 9.17) is 0 Å². The van der Waals surface area contributed by atoms with E-state index in [0.29, 0.717) is 17.8 Å². The van der Waals surface area contributed by atoms with Crippen molar-refractivity contribution in [2.75, 3.05) is 12.4 Å². The highest BCUT2D eigenvalue weighted by Gasteiger charge is 2.30. The summed E-state index contributed by atoms with van der Waals surface area (Å²) in [7, 11) is 1.85. The van der Waals surface area contributed by atoms with E-state index < -0.39 is 0 Å². The summed E-state index contributed by atoms with van der Waals surface area (Å²) in [5, 5.41) is 3.20. The van der Waals surface area contributed by atoms with Gasteiger partial charge in [-0.25, -0.2) is 4.98 Å². The van der Waals surface area contributed by atoms with Crippen LogP contribution in [0.4, 0.5) is 5.82 Å². The normalized spacial score (nSPS) is 14.8. The average molecular weight is 233 g/mol. The topological polar surface area (TPSA) is 45.2 Å². The summed E-state index contributed by atoms with van der Waals surface area (Å²) in [5.74, 6) is 0.773. The van der Waals surface area contributed by atoms with Crippen LogP contribution in [0, 0.1) is 0 Å². The number of hydrogen-bond acceptors (Lipinski definition) is 3. The van der Waals surface area contributed by atoms with Gasteiger partial charge in [-0.15, -0.1) is 0 Å². The number of carbonyl (C=O) groups excluding carboxylic acids is 1. The van der Waals surface area contributed by atoms with E-state index >= 15 is 0 Å². The highest BCUT2D eigenvalue weighted by atomic mass is 16.2. The SMILES string of the molecule is CC(C)Nc1cccc(C(=O)N(C)C2CC2)n1. The summed E-state index contributed by atoms with van der Waals surface area (Å²) < 4.78 is 0. The third-order valence-electron chi connectivity index (χ3n) is 2.82. The summed E-state index contributed by atoms with van der Waals surface area (Å²) in [6.07, 6.45) is 2.23. The van der Waals surface area contributed by atoms with Gasteiger partial charge in [-0.1, -0.05) is 6.07 Å². The Morgan fingerprint density at radius 1 is 1.47 bits per heavy atom. The van der Waals surface area contributed by atoms with Gasteiger partial charge in [0.2, 0.25) is 0 Å². The molecule has 0 bridgehead atoms. The van der Waals surface area contributed by atoms with Gasteiger partial charge in [0.1, 0.15) is 11.5 Å². The van der Waals surface area contributed by atoms with Gasteiger partial charge in [0.15, 0.2) is 0 Å². The maximum absolute atomic E-state index is 12.1. The van der Waals surface area contributed by atoms with Crippen LogP contribution in [0.2, 0.25) is 0 Å². The standard InChI is InChI=1S/C13H19N3O/c1-9(2)14-12-6-4-5-11(15-12)13(17)16(3)10-7-8-10/h4-6,9-10H,7-8H2,1-3H3,(H,14,15). The fourth-order valence-corrected chi connectivity index (χ4v) is 1.74. The molecule has 17 heavy (non-hydrogen) atoms. The Bertz CT molecular complexity index is 413. The molecule has 0 radical (unpaired) electrons. The maximum atomic E-state index is 12.1. The lowest BCUT2D eigenvalue weighted by Gasteiger charge is -2.16. The minimum atomic E-state index is 0.0138. The number of carbonyl (C=O) groups is 1. The molecule has 0 unspecified atom stereocenters. The molecule has 92 valence electrons. The number of pyridine rings is 1. The van der Waals surface area contributed by atoms with Crippen molar-refractivity contribution >= 4 is 11.7 Å². The van der Waals surface area contributed by atoms with Crippen molar-refractivity contribution < 1.29 is 4.79 Å². The maximum Gasteiger partial charge on any atom is 0.272 e. The van der Waals surface area contributed by atoms with Crippen molar-refractivity contribution in [1.82, 2.24) is 9.88 Å². The van der Waals surface area contributed by atoms with Gasteiger partial charge in [0, 0.05) is 19.1 Å².